The molecule has 0 saturated heterocycles. The van der Waals surface area contributed by atoms with Gasteiger partial charge in [-0.2, -0.15) is 0 Å². The van der Waals surface area contributed by atoms with Gasteiger partial charge in [0.1, 0.15) is 0 Å². The Balaban J connectivity index is 2.21. The second kappa shape index (κ2) is 6.06. The van der Waals surface area contributed by atoms with Crippen molar-refractivity contribution in [2.24, 2.45) is 5.73 Å². The molecule has 0 bridgehead atoms. The number of hydrogen-bond acceptors (Lipinski definition) is 3. The van der Waals surface area contributed by atoms with E-state index in [2.05, 4.69) is 5.32 Å². The highest BCUT2D eigenvalue weighted by molar-refractivity contribution is 6.11. The summed E-state index contributed by atoms with van der Waals surface area (Å²) in [5.74, 6) is -1.09. The average Bonchev–Trinajstić information content (AvgIpc) is 2.56. The number of amides is 2. The van der Waals surface area contributed by atoms with E-state index in [1.165, 1.54) is 0 Å². The summed E-state index contributed by atoms with van der Waals surface area (Å²) in [4.78, 5) is 23.9. The van der Waals surface area contributed by atoms with Crippen molar-refractivity contribution in [3.05, 3.63) is 59.7 Å². The average molecular weight is 308 g/mol. The first-order valence-electron chi connectivity index (χ1n) is 7.25. The molecule has 0 heterocycles. The van der Waals surface area contributed by atoms with Crippen molar-refractivity contribution < 1.29 is 14.7 Å². The monoisotopic (exact) mass is 308 g/mol. The molecule has 0 saturated carbocycles. The predicted octanol–water partition coefficient (Wildman–Crippen LogP) is 1.81. The number of nitrogens with two attached hydrogens (primary N) is 1. The van der Waals surface area contributed by atoms with Crippen LogP contribution in [-0.4, -0.2) is 30.1 Å². The third kappa shape index (κ3) is 2.86. The Morgan fingerprint density at radius 1 is 0.913 bits per heavy atom. The molecule has 0 aliphatic heterocycles. The lowest BCUT2D eigenvalue weighted by Crippen LogP contribution is -2.29. The molecule has 3 rings (SSSR count). The lowest BCUT2D eigenvalue weighted by Gasteiger charge is -2.10. The van der Waals surface area contributed by atoms with Crippen molar-refractivity contribution in [2.45, 2.75) is 0 Å². The maximum absolute atomic E-state index is 12.2. The van der Waals surface area contributed by atoms with Gasteiger partial charge in [0.2, 0.25) is 5.91 Å². The molecule has 0 spiro atoms. The summed E-state index contributed by atoms with van der Waals surface area (Å²) in [6.07, 6.45) is 0. The van der Waals surface area contributed by atoms with Crippen LogP contribution < -0.4 is 11.1 Å². The number of carbonyl (C=O) groups is 2. The summed E-state index contributed by atoms with van der Waals surface area (Å²) in [5.41, 5.74) is 5.80. The molecule has 5 nitrogen and oxygen atoms in total. The molecule has 0 aliphatic carbocycles. The van der Waals surface area contributed by atoms with Crippen LogP contribution in [-0.2, 0) is 0 Å². The topological polar surface area (TPSA) is 92.4 Å². The summed E-state index contributed by atoms with van der Waals surface area (Å²) in [7, 11) is 0. The van der Waals surface area contributed by atoms with Gasteiger partial charge in [0, 0.05) is 6.54 Å². The van der Waals surface area contributed by atoms with E-state index in [0.29, 0.717) is 0 Å². The van der Waals surface area contributed by atoms with Crippen LogP contribution in [0.1, 0.15) is 20.7 Å². The van der Waals surface area contributed by atoms with E-state index in [1.54, 1.807) is 12.1 Å². The Hall–Kier alpha value is -2.92. The smallest absolute Gasteiger partial charge is 0.252 e. The Kier molecular flexibility index (Phi) is 3.95. The van der Waals surface area contributed by atoms with Crippen molar-refractivity contribution in [1.29, 1.82) is 0 Å². The lowest BCUT2D eigenvalue weighted by molar-refractivity contribution is 0.0929. The molecule has 4 N–H and O–H groups in total. The quantitative estimate of drug-likeness (QED) is 0.642. The van der Waals surface area contributed by atoms with Crippen LogP contribution in [0.2, 0.25) is 0 Å². The van der Waals surface area contributed by atoms with Crippen LogP contribution >= 0.6 is 0 Å². The normalized spacial score (nSPS) is 10.8. The van der Waals surface area contributed by atoms with Gasteiger partial charge in [-0.1, -0.05) is 24.3 Å². The highest BCUT2D eigenvalue weighted by atomic mass is 16.3. The summed E-state index contributed by atoms with van der Waals surface area (Å²) in [6.45, 7) is -0.0529. The van der Waals surface area contributed by atoms with Crippen molar-refractivity contribution in [2.75, 3.05) is 13.2 Å². The van der Waals surface area contributed by atoms with Gasteiger partial charge in [-0.05, 0) is 45.8 Å². The molecule has 0 unspecified atom stereocenters. The van der Waals surface area contributed by atoms with Crippen LogP contribution in [0.5, 0.6) is 0 Å². The number of fused-ring (bicyclic) bond motifs is 2. The molecule has 0 atom stereocenters. The number of carbonyl (C=O) groups excluding carboxylic acids is 2. The van der Waals surface area contributed by atoms with Crippen molar-refractivity contribution in [1.82, 2.24) is 5.32 Å². The Labute approximate surface area is 132 Å². The highest BCUT2D eigenvalue weighted by Gasteiger charge is 2.16. The minimum absolute atomic E-state index is 0.118. The molecule has 3 aromatic carbocycles. The zero-order valence-corrected chi connectivity index (χ0v) is 12.4. The van der Waals surface area contributed by atoms with Crippen molar-refractivity contribution >= 4 is 33.4 Å². The summed E-state index contributed by atoms with van der Waals surface area (Å²) in [6, 6.07) is 15.1. The standard InChI is InChI=1S/C18H16N2O3/c19-17(22)15-9-13-7-11-3-1-2-4-12(11)8-14(13)10-16(15)18(23)20-5-6-21/h1-4,7-10,21H,5-6H2,(H2,19,22)(H,20,23). The van der Waals surface area contributed by atoms with E-state index in [0.717, 1.165) is 21.5 Å². The number of hydrogen-bond donors (Lipinski definition) is 3. The van der Waals surface area contributed by atoms with Gasteiger partial charge in [-0.15, -0.1) is 0 Å². The molecule has 0 aromatic heterocycles. The molecule has 0 radical (unpaired) electrons. The first-order valence-corrected chi connectivity index (χ1v) is 7.25. The van der Waals surface area contributed by atoms with Gasteiger partial charge in [0.05, 0.1) is 17.7 Å². The molecular formula is C18H16N2O3. The molecular weight excluding hydrogens is 292 g/mol. The summed E-state index contributed by atoms with van der Waals surface area (Å²) in [5, 5.41) is 15.2. The van der Waals surface area contributed by atoms with E-state index in [-0.39, 0.29) is 24.3 Å². The number of rotatable bonds is 4. The van der Waals surface area contributed by atoms with Gasteiger partial charge in [0.15, 0.2) is 0 Å². The minimum atomic E-state index is -0.658. The summed E-state index contributed by atoms with van der Waals surface area (Å²) >= 11 is 0. The van der Waals surface area contributed by atoms with Gasteiger partial charge in [-0.25, -0.2) is 0 Å². The third-order valence-corrected chi connectivity index (χ3v) is 3.75. The minimum Gasteiger partial charge on any atom is -0.395 e. The maximum atomic E-state index is 12.2. The number of aliphatic hydroxyl groups is 1. The first-order chi connectivity index (χ1) is 11.1. The zero-order valence-electron chi connectivity index (χ0n) is 12.4. The van der Waals surface area contributed by atoms with Crippen molar-refractivity contribution in [3.63, 3.8) is 0 Å². The molecule has 0 aliphatic rings. The second-order valence-electron chi connectivity index (χ2n) is 5.29. The molecule has 5 heteroatoms. The maximum Gasteiger partial charge on any atom is 0.252 e. The molecule has 2 amide bonds. The molecule has 0 fully saturated rings. The summed E-state index contributed by atoms with van der Waals surface area (Å²) < 4.78 is 0. The van der Waals surface area contributed by atoms with Crippen LogP contribution in [0.3, 0.4) is 0 Å². The van der Waals surface area contributed by atoms with Gasteiger partial charge in [0.25, 0.3) is 5.91 Å². The first kappa shape index (κ1) is 15.0. The van der Waals surface area contributed by atoms with Crippen LogP contribution in [0.15, 0.2) is 48.5 Å². The van der Waals surface area contributed by atoms with E-state index >= 15 is 0 Å². The fraction of sp³-hybridized carbons (Fsp3) is 0.111. The Bertz CT molecular complexity index is 919. The van der Waals surface area contributed by atoms with Crippen molar-refractivity contribution in [3.8, 4) is 0 Å². The second-order valence-corrected chi connectivity index (χ2v) is 5.29. The fourth-order valence-electron chi connectivity index (χ4n) is 2.65. The fourth-order valence-corrected chi connectivity index (χ4v) is 2.65. The van der Waals surface area contributed by atoms with E-state index in [1.807, 2.05) is 36.4 Å². The lowest BCUT2D eigenvalue weighted by atomic mass is 9.97. The highest BCUT2D eigenvalue weighted by Crippen LogP contribution is 2.26. The Morgan fingerprint density at radius 3 is 2.00 bits per heavy atom. The number of aliphatic hydroxyl groups excluding tert-OH is 1. The van der Waals surface area contributed by atoms with Gasteiger partial charge in [-0.3, -0.25) is 9.59 Å². The molecule has 116 valence electrons. The zero-order chi connectivity index (χ0) is 16.4. The van der Waals surface area contributed by atoms with Gasteiger partial charge < -0.3 is 16.2 Å². The SMILES string of the molecule is NC(=O)c1cc2cc3ccccc3cc2cc1C(=O)NCCO. The third-order valence-electron chi connectivity index (χ3n) is 3.75. The number of primary amides is 1. The van der Waals surface area contributed by atoms with Crippen LogP contribution in [0.25, 0.3) is 21.5 Å². The van der Waals surface area contributed by atoms with Crippen LogP contribution in [0, 0.1) is 0 Å². The van der Waals surface area contributed by atoms with E-state index < -0.39 is 11.8 Å². The van der Waals surface area contributed by atoms with Gasteiger partial charge >= 0.3 is 0 Å². The largest absolute Gasteiger partial charge is 0.395 e. The van der Waals surface area contributed by atoms with E-state index in [9.17, 15) is 9.59 Å². The predicted molar refractivity (Wildman–Crippen MR) is 89.4 cm³/mol. The Morgan fingerprint density at radius 2 is 1.48 bits per heavy atom. The molecule has 3 aromatic rings. The number of benzene rings is 3. The van der Waals surface area contributed by atoms with E-state index in [4.69, 9.17) is 10.8 Å². The molecule has 23 heavy (non-hydrogen) atoms. The van der Waals surface area contributed by atoms with Crippen LogP contribution in [0.4, 0.5) is 0 Å². The number of nitrogens with one attached hydrogen (secondary N) is 1.